The summed E-state index contributed by atoms with van der Waals surface area (Å²) in [5.41, 5.74) is 0.261. The summed E-state index contributed by atoms with van der Waals surface area (Å²) in [6.07, 6.45) is 4.15. The van der Waals surface area contributed by atoms with Crippen LogP contribution in [0.3, 0.4) is 0 Å². The lowest BCUT2D eigenvalue weighted by atomic mass is 10.2. The van der Waals surface area contributed by atoms with Crippen LogP contribution < -0.4 is 15.0 Å². The SMILES string of the molecule is C[C@@H]1CNCCN1c1ncc(OCc2ccc(S(C)(=O)=O)cc2F)cn1. The van der Waals surface area contributed by atoms with Crippen molar-refractivity contribution in [3.05, 3.63) is 42.0 Å². The number of nitrogens with zero attached hydrogens (tertiary/aromatic N) is 3. The Kier molecular flexibility index (Phi) is 5.38. The summed E-state index contributed by atoms with van der Waals surface area (Å²) in [6, 6.07) is 4.07. The van der Waals surface area contributed by atoms with Gasteiger partial charge in [-0.25, -0.2) is 22.8 Å². The first-order valence-corrected chi connectivity index (χ1v) is 10.1. The van der Waals surface area contributed by atoms with Crippen LogP contribution in [0.25, 0.3) is 0 Å². The van der Waals surface area contributed by atoms with Crippen molar-refractivity contribution in [3.63, 3.8) is 0 Å². The minimum Gasteiger partial charge on any atom is -0.486 e. The normalized spacial score (nSPS) is 18.0. The number of benzene rings is 1. The van der Waals surface area contributed by atoms with Crippen molar-refractivity contribution < 1.29 is 17.5 Å². The molecule has 0 saturated carbocycles. The monoisotopic (exact) mass is 380 g/mol. The highest BCUT2D eigenvalue weighted by Crippen LogP contribution is 2.19. The second kappa shape index (κ2) is 7.55. The molecule has 1 fully saturated rings. The van der Waals surface area contributed by atoms with Crippen molar-refractivity contribution in [2.24, 2.45) is 0 Å². The van der Waals surface area contributed by atoms with Crippen LogP contribution in [0, 0.1) is 5.82 Å². The highest BCUT2D eigenvalue weighted by atomic mass is 32.2. The Bertz CT molecular complexity index is 874. The number of halogens is 1. The topological polar surface area (TPSA) is 84.4 Å². The number of hydrogen-bond acceptors (Lipinski definition) is 7. The third kappa shape index (κ3) is 4.28. The van der Waals surface area contributed by atoms with Crippen LogP contribution in [0.2, 0.25) is 0 Å². The lowest BCUT2D eigenvalue weighted by molar-refractivity contribution is 0.297. The van der Waals surface area contributed by atoms with Crippen LogP contribution in [0.5, 0.6) is 5.75 Å². The minimum atomic E-state index is -3.44. The predicted octanol–water partition coefficient (Wildman–Crippen LogP) is 1.40. The molecular formula is C17H21FN4O3S. The van der Waals surface area contributed by atoms with E-state index in [1.807, 2.05) is 0 Å². The number of aromatic nitrogens is 2. The molecule has 9 heteroatoms. The van der Waals surface area contributed by atoms with Crippen LogP contribution in [-0.2, 0) is 16.4 Å². The van der Waals surface area contributed by atoms with Gasteiger partial charge in [0.25, 0.3) is 0 Å². The number of ether oxygens (including phenoxy) is 1. The first-order chi connectivity index (χ1) is 12.3. The summed E-state index contributed by atoms with van der Waals surface area (Å²) in [5.74, 6) is 0.429. The molecule has 1 aromatic carbocycles. The highest BCUT2D eigenvalue weighted by molar-refractivity contribution is 7.90. The van der Waals surface area contributed by atoms with Crippen LogP contribution in [0.4, 0.5) is 10.3 Å². The molecule has 3 rings (SSSR count). The number of nitrogens with one attached hydrogen (secondary N) is 1. The highest BCUT2D eigenvalue weighted by Gasteiger charge is 2.20. The third-order valence-electron chi connectivity index (χ3n) is 4.22. The molecule has 26 heavy (non-hydrogen) atoms. The predicted molar refractivity (Wildman–Crippen MR) is 95.6 cm³/mol. The number of anilines is 1. The van der Waals surface area contributed by atoms with Crippen molar-refractivity contribution in [1.29, 1.82) is 0 Å². The smallest absolute Gasteiger partial charge is 0.225 e. The van der Waals surface area contributed by atoms with E-state index in [4.69, 9.17) is 4.74 Å². The molecular weight excluding hydrogens is 359 g/mol. The number of rotatable bonds is 5. The van der Waals surface area contributed by atoms with Gasteiger partial charge >= 0.3 is 0 Å². The summed E-state index contributed by atoms with van der Waals surface area (Å²) in [6.45, 7) is 4.66. The maximum Gasteiger partial charge on any atom is 0.225 e. The summed E-state index contributed by atoms with van der Waals surface area (Å²) < 4.78 is 42.4. The maximum atomic E-state index is 14.0. The second-order valence-electron chi connectivity index (χ2n) is 6.28. The fraction of sp³-hybridized carbons (Fsp3) is 0.412. The maximum absolute atomic E-state index is 14.0. The Balaban J connectivity index is 1.65. The average molecular weight is 380 g/mol. The number of sulfone groups is 1. The Morgan fingerprint density at radius 1 is 1.35 bits per heavy atom. The van der Waals surface area contributed by atoms with E-state index in [1.54, 1.807) is 12.4 Å². The summed E-state index contributed by atoms with van der Waals surface area (Å²) in [5, 5.41) is 3.31. The molecule has 1 saturated heterocycles. The fourth-order valence-electron chi connectivity index (χ4n) is 2.71. The standard InChI is InChI=1S/C17H21FN4O3S/c1-12-8-19-5-6-22(12)17-20-9-14(10-21-17)25-11-13-3-4-15(7-16(13)18)26(2,23)24/h3-4,7,9-10,12,19H,5-6,8,11H2,1-2H3/t12-/m1/s1. The molecule has 0 amide bonds. The first-order valence-electron chi connectivity index (χ1n) is 8.25. The molecule has 1 atom stereocenters. The van der Waals surface area contributed by atoms with E-state index >= 15 is 0 Å². The zero-order chi connectivity index (χ0) is 18.7. The molecule has 0 aliphatic carbocycles. The minimum absolute atomic E-state index is 0.0391. The first kappa shape index (κ1) is 18.5. The zero-order valence-corrected chi connectivity index (χ0v) is 15.5. The number of piperazine rings is 1. The van der Waals surface area contributed by atoms with Gasteiger partial charge in [-0.3, -0.25) is 0 Å². The molecule has 1 aliphatic heterocycles. The summed E-state index contributed by atoms with van der Waals surface area (Å²) in [7, 11) is -3.44. The van der Waals surface area contributed by atoms with Gasteiger partial charge in [0.2, 0.25) is 5.95 Å². The Hall–Kier alpha value is -2.26. The van der Waals surface area contributed by atoms with Crippen molar-refractivity contribution in [2.45, 2.75) is 24.5 Å². The Morgan fingerprint density at radius 3 is 2.69 bits per heavy atom. The van der Waals surface area contributed by atoms with E-state index in [0.29, 0.717) is 17.7 Å². The number of hydrogen-bond donors (Lipinski definition) is 1. The van der Waals surface area contributed by atoms with Crippen molar-refractivity contribution >= 4 is 15.8 Å². The molecule has 0 bridgehead atoms. The van der Waals surface area contributed by atoms with E-state index in [0.717, 1.165) is 32.0 Å². The zero-order valence-electron chi connectivity index (χ0n) is 14.6. The van der Waals surface area contributed by atoms with Crippen molar-refractivity contribution in [2.75, 3.05) is 30.8 Å². The Labute approximate surface area is 152 Å². The van der Waals surface area contributed by atoms with Gasteiger partial charge in [-0.1, -0.05) is 6.07 Å². The molecule has 1 aromatic heterocycles. The lowest BCUT2D eigenvalue weighted by Crippen LogP contribution is -2.50. The van der Waals surface area contributed by atoms with E-state index in [-0.39, 0.29) is 17.1 Å². The van der Waals surface area contributed by atoms with Gasteiger partial charge < -0.3 is 15.0 Å². The summed E-state index contributed by atoms with van der Waals surface area (Å²) in [4.78, 5) is 10.7. The molecule has 0 unspecified atom stereocenters. The van der Waals surface area contributed by atoms with Crippen LogP contribution in [-0.4, -0.2) is 50.3 Å². The van der Waals surface area contributed by atoms with Gasteiger partial charge in [-0.05, 0) is 19.1 Å². The van der Waals surface area contributed by atoms with Gasteiger partial charge in [0.05, 0.1) is 17.3 Å². The van der Waals surface area contributed by atoms with Crippen molar-refractivity contribution in [1.82, 2.24) is 15.3 Å². The fourth-order valence-corrected chi connectivity index (χ4v) is 3.34. The van der Waals surface area contributed by atoms with Crippen LogP contribution in [0.1, 0.15) is 12.5 Å². The van der Waals surface area contributed by atoms with Crippen LogP contribution in [0.15, 0.2) is 35.5 Å². The average Bonchev–Trinajstić information content (AvgIpc) is 2.61. The van der Waals surface area contributed by atoms with E-state index in [9.17, 15) is 12.8 Å². The van der Waals surface area contributed by atoms with E-state index in [2.05, 4.69) is 27.1 Å². The molecule has 2 aromatic rings. The molecule has 2 heterocycles. The second-order valence-corrected chi connectivity index (χ2v) is 8.30. The molecule has 7 nitrogen and oxygen atoms in total. The van der Waals surface area contributed by atoms with Gasteiger partial charge in [-0.15, -0.1) is 0 Å². The molecule has 1 N–H and O–H groups in total. The van der Waals surface area contributed by atoms with Crippen LogP contribution >= 0.6 is 0 Å². The molecule has 0 spiro atoms. The quantitative estimate of drug-likeness (QED) is 0.839. The van der Waals surface area contributed by atoms with Gasteiger partial charge in [0.1, 0.15) is 12.4 Å². The lowest BCUT2D eigenvalue weighted by Gasteiger charge is -2.33. The van der Waals surface area contributed by atoms with Gasteiger partial charge in [0.15, 0.2) is 15.6 Å². The van der Waals surface area contributed by atoms with E-state index < -0.39 is 15.7 Å². The molecule has 140 valence electrons. The van der Waals surface area contributed by atoms with Gasteiger partial charge in [-0.2, -0.15) is 0 Å². The molecule has 1 aliphatic rings. The Morgan fingerprint density at radius 2 is 2.08 bits per heavy atom. The summed E-state index contributed by atoms with van der Waals surface area (Å²) >= 11 is 0. The molecule has 0 radical (unpaired) electrons. The largest absolute Gasteiger partial charge is 0.486 e. The van der Waals surface area contributed by atoms with Gasteiger partial charge in [0, 0.05) is 37.5 Å². The van der Waals surface area contributed by atoms with Crippen molar-refractivity contribution in [3.8, 4) is 5.75 Å². The van der Waals surface area contributed by atoms with E-state index in [1.165, 1.54) is 12.1 Å². The third-order valence-corrected chi connectivity index (χ3v) is 5.33.